The van der Waals surface area contributed by atoms with E-state index in [0.29, 0.717) is 30.6 Å². The summed E-state index contributed by atoms with van der Waals surface area (Å²) >= 11 is 0. The molecule has 3 heteroatoms. The summed E-state index contributed by atoms with van der Waals surface area (Å²) in [7, 11) is 0. The third-order valence-corrected chi connectivity index (χ3v) is 2.30. The second-order valence-corrected chi connectivity index (χ2v) is 3.53. The van der Waals surface area contributed by atoms with Crippen LogP contribution in [0.3, 0.4) is 0 Å². The first-order valence-electron chi connectivity index (χ1n) is 5.34. The smallest absolute Gasteiger partial charge is 0.152 e. The molecule has 0 atom stereocenters. The second kappa shape index (κ2) is 6.05. The molecule has 0 aliphatic heterocycles. The van der Waals surface area contributed by atoms with Crippen LogP contribution in [0, 0.1) is 5.82 Å². The van der Waals surface area contributed by atoms with E-state index in [9.17, 15) is 9.18 Å². The first kappa shape index (κ1) is 12.4. The molecule has 2 nitrogen and oxygen atoms in total. The number of nitrogens with zero attached hydrogens (tertiary/aromatic N) is 1. The molecular formula is C13H16FNO. The Hall–Kier alpha value is -1.64. The maximum atomic E-state index is 13.7. The fourth-order valence-electron chi connectivity index (χ4n) is 1.68. The van der Waals surface area contributed by atoms with E-state index in [1.165, 1.54) is 6.07 Å². The van der Waals surface area contributed by atoms with Crippen molar-refractivity contribution in [2.75, 3.05) is 18.0 Å². The minimum Gasteiger partial charge on any atom is -0.365 e. The number of carbonyl (C=O) groups is 1. The fraction of sp³-hybridized carbons (Fsp3) is 0.308. The van der Waals surface area contributed by atoms with Gasteiger partial charge in [-0.1, -0.05) is 19.1 Å². The minimum absolute atomic E-state index is 0.361. The summed E-state index contributed by atoms with van der Waals surface area (Å²) in [5.74, 6) is -0.361. The molecule has 0 aliphatic carbocycles. The van der Waals surface area contributed by atoms with Gasteiger partial charge in [-0.25, -0.2) is 4.39 Å². The van der Waals surface area contributed by atoms with Crippen LogP contribution < -0.4 is 4.90 Å². The van der Waals surface area contributed by atoms with E-state index in [2.05, 4.69) is 6.58 Å². The van der Waals surface area contributed by atoms with E-state index in [4.69, 9.17) is 0 Å². The summed E-state index contributed by atoms with van der Waals surface area (Å²) in [6.07, 6.45) is 3.28. The van der Waals surface area contributed by atoms with E-state index in [-0.39, 0.29) is 5.82 Å². The van der Waals surface area contributed by atoms with Gasteiger partial charge < -0.3 is 4.90 Å². The van der Waals surface area contributed by atoms with Gasteiger partial charge in [0.2, 0.25) is 0 Å². The van der Waals surface area contributed by atoms with Crippen molar-refractivity contribution in [3.8, 4) is 0 Å². The van der Waals surface area contributed by atoms with Gasteiger partial charge in [-0.05, 0) is 18.6 Å². The average molecular weight is 221 g/mol. The lowest BCUT2D eigenvalue weighted by atomic mass is 10.1. The summed E-state index contributed by atoms with van der Waals surface area (Å²) in [6.45, 7) is 6.89. The number of halogens is 1. The molecule has 0 saturated heterocycles. The van der Waals surface area contributed by atoms with Crippen molar-refractivity contribution in [2.45, 2.75) is 13.3 Å². The lowest BCUT2D eigenvalue weighted by Crippen LogP contribution is -2.26. The van der Waals surface area contributed by atoms with Gasteiger partial charge in [0.05, 0.1) is 5.69 Å². The molecule has 0 amide bonds. The maximum absolute atomic E-state index is 13.7. The molecule has 0 fully saturated rings. The quantitative estimate of drug-likeness (QED) is 0.543. The van der Waals surface area contributed by atoms with E-state index < -0.39 is 0 Å². The zero-order valence-corrected chi connectivity index (χ0v) is 9.45. The van der Waals surface area contributed by atoms with Crippen LogP contribution in [0.15, 0.2) is 30.9 Å². The van der Waals surface area contributed by atoms with E-state index >= 15 is 0 Å². The maximum Gasteiger partial charge on any atom is 0.152 e. The molecule has 1 aromatic carbocycles. The van der Waals surface area contributed by atoms with Crippen molar-refractivity contribution in [3.63, 3.8) is 0 Å². The minimum atomic E-state index is -0.361. The molecular weight excluding hydrogens is 205 g/mol. The Labute approximate surface area is 95.4 Å². The standard InChI is InChI=1S/C13H16FNO/c1-3-8-15(9-4-2)13-11(10-16)6-5-7-12(13)14/h3,5-7,10H,1,4,8-9H2,2H3. The SMILES string of the molecule is C=CCN(CCC)c1c(F)cccc1C=O. The van der Waals surface area contributed by atoms with Crippen LogP contribution in [0.25, 0.3) is 0 Å². The lowest BCUT2D eigenvalue weighted by Gasteiger charge is -2.24. The summed E-state index contributed by atoms with van der Waals surface area (Å²) in [5, 5.41) is 0. The third kappa shape index (κ3) is 2.69. The number of hydrogen-bond donors (Lipinski definition) is 0. The highest BCUT2D eigenvalue weighted by Crippen LogP contribution is 2.23. The molecule has 0 radical (unpaired) electrons. The Morgan fingerprint density at radius 2 is 2.25 bits per heavy atom. The van der Waals surface area contributed by atoms with Crippen LogP contribution in [0.5, 0.6) is 0 Å². The Bertz CT molecular complexity index is 376. The number of benzene rings is 1. The highest BCUT2D eigenvalue weighted by Gasteiger charge is 2.13. The number of rotatable bonds is 6. The zero-order chi connectivity index (χ0) is 12.0. The van der Waals surface area contributed by atoms with Gasteiger partial charge in [0.1, 0.15) is 5.82 Å². The molecule has 1 rings (SSSR count). The number of anilines is 1. The van der Waals surface area contributed by atoms with Crippen LogP contribution in [0.1, 0.15) is 23.7 Å². The van der Waals surface area contributed by atoms with Gasteiger partial charge in [-0.2, -0.15) is 0 Å². The van der Waals surface area contributed by atoms with Gasteiger partial charge >= 0.3 is 0 Å². The first-order valence-corrected chi connectivity index (χ1v) is 5.34. The molecule has 0 unspecified atom stereocenters. The van der Waals surface area contributed by atoms with Crippen LogP contribution in [0.4, 0.5) is 10.1 Å². The molecule has 86 valence electrons. The Morgan fingerprint density at radius 1 is 1.50 bits per heavy atom. The van der Waals surface area contributed by atoms with Crippen molar-refractivity contribution in [1.29, 1.82) is 0 Å². The summed E-state index contributed by atoms with van der Waals surface area (Å²) in [5.41, 5.74) is 0.759. The predicted molar refractivity (Wildman–Crippen MR) is 64.5 cm³/mol. The monoisotopic (exact) mass is 221 g/mol. The average Bonchev–Trinajstić information content (AvgIpc) is 2.28. The van der Waals surface area contributed by atoms with Gasteiger partial charge in [0, 0.05) is 18.7 Å². The molecule has 16 heavy (non-hydrogen) atoms. The van der Waals surface area contributed by atoms with Crippen LogP contribution in [-0.4, -0.2) is 19.4 Å². The van der Waals surface area contributed by atoms with E-state index in [1.54, 1.807) is 18.2 Å². The zero-order valence-electron chi connectivity index (χ0n) is 9.45. The molecule has 0 aromatic heterocycles. The summed E-state index contributed by atoms with van der Waals surface area (Å²) < 4.78 is 13.7. The van der Waals surface area contributed by atoms with Crippen molar-refractivity contribution < 1.29 is 9.18 Å². The first-order chi connectivity index (χ1) is 7.74. The predicted octanol–water partition coefficient (Wildman–Crippen LogP) is 3.04. The highest BCUT2D eigenvalue weighted by molar-refractivity contribution is 5.84. The molecule has 0 bridgehead atoms. The third-order valence-electron chi connectivity index (χ3n) is 2.30. The topological polar surface area (TPSA) is 20.3 Å². The number of para-hydroxylation sites is 1. The summed E-state index contributed by atoms with van der Waals surface area (Å²) in [6, 6.07) is 4.53. The molecule has 0 spiro atoms. The Kier molecular flexibility index (Phi) is 4.70. The van der Waals surface area contributed by atoms with Crippen LogP contribution >= 0.6 is 0 Å². The van der Waals surface area contributed by atoms with Gasteiger partial charge in [-0.15, -0.1) is 6.58 Å². The number of hydrogen-bond acceptors (Lipinski definition) is 2. The van der Waals surface area contributed by atoms with Crippen molar-refractivity contribution >= 4 is 12.0 Å². The molecule has 0 saturated carbocycles. The normalized spacial score (nSPS) is 9.88. The molecule has 0 N–H and O–H groups in total. The summed E-state index contributed by atoms with van der Waals surface area (Å²) in [4.78, 5) is 12.7. The second-order valence-electron chi connectivity index (χ2n) is 3.53. The molecule has 0 heterocycles. The van der Waals surface area contributed by atoms with Crippen LogP contribution in [0.2, 0.25) is 0 Å². The fourth-order valence-corrected chi connectivity index (χ4v) is 1.68. The van der Waals surface area contributed by atoms with Crippen molar-refractivity contribution in [3.05, 3.63) is 42.2 Å². The molecule has 1 aromatic rings. The van der Waals surface area contributed by atoms with Crippen molar-refractivity contribution in [2.24, 2.45) is 0 Å². The Balaban J connectivity index is 3.14. The Morgan fingerprint density at radius 3 is 2.81 bits per heavy atom. The largest absolute Gasteiger partial charge is 0.365 e. The highest BCUT2D eigenvalue weighted by atomic mass is 19.1. The van der Waals surface area contributed by atoms with Gasteiger partial charge in [-0.3, -0.25) is 4.79 Å². The molecule has 0 aliphatic rings. The van der Waals surface area contributed by atoms with E-state index in [1.807, 2.05) is 11.8 Å². The van der Waals surface area contributed by atoms with E-state index in [0.717, 1.165) is 6.42 Å². The number of carbonyl (C=O) groups excluding carboxylic acids is 1. The van der Waals surface area contributed by atoms with Crippen LogP contribution in [-0.2, 0) is 0 Å². The van der Waals surface area contributed by atoms with Gasteiger partial charge in [0.25, 0.3) is 0 Å². The number of aldehydes is 1. The van der Waals surface area contributed by atoms with Crippen molar-refractivity contribution in [1.82, 2.24) is 0 Å². The van der Waals surface area contributed by atoms with Gasteiger partial charge in [0.15, 0.2) is 6.29 Å². The lowest BCUT2D eigenvalue weighted by molar-refractivity contribution is 0.112.